The molecule has 0 rings (SSSR count). The first-order chi connectivity index (χ1) is 7.22. The van der Waals surface area contributed by atoms with Gasteiger partial charge in [-0.05, 0) is 19.8 Å². The van der Waals surface area contributed by atoms with E-state index in [1.807, 2.05) is 0 Å². The highest BCUT2D eigenvalue weighted by Crippen LogP contribution is 2.18. The van der Waals surface area contributed by atoms with Gasteiger partial charge in [-0.15, -0.1) is 0 Å². The minimum absolute atomic E-state index is 0.355. The average Bonchev–Trinajstić information content (AvgIpc) is 2.21. The molecule has 1 heteroatoms. The number of Topliss-reactive ketones (excluding diaryl/α,β-unsaturated/α-hetero) is 1. The molecular weight excluding hydrogens is 184 g/mol. The fourth-order valence-electron chi connectivity index (χ4n) is 2.01. The Bertz CT molecular complexity index is 151. The van der Waals surface area contributed by atoms with Gasteiger partial charge in [0.25, 0.3) is 0 Å². The maximum atomic E-state index is 11.4. The van der Waals surface area contributed by atoms with Gasteiger partial charge in [0.05, 0.1) is 0 Å². The summed E-state index contributed by atoms with van der Waals surface area (Å²) >= 11 is 0. The van der Waals surface area contributed by atoms with E-state index in [0.29, 0.717) is 11.7 Å². The van der Waals surface area contributed by atoms with Crippen molar-refractivity contribution < 1.29 is 4.79 Å². The van der Waals surface area contributed by atoms with Crippen LogP contribution in [0, 0.1) is 5.92 Å². The highest BCUT2D eigenvalue weighted by atomic mass is 16.1. The number of hydrogen-bond donors (Lipinski definition) is 0. The fourth-order valence-corrected chi connectivity index (χ4v) is 2.01. The van der Waals surface area contributed by atoms with Crippen molar-refractivity contribution in [1.29, 1.82) is 0 Å². The number of unbranched alkanes of at least 4 members (excludes halogenated alkanes) is 5. The number of carbonyl (C=O) groups excluding carboxylic acids is 1. The molecule has 0 aliphatic heterocycles. The Kier molecular flexibility index (Phi) is 9.97. The van der Waals surface area contributed by atoms with Gasteiger partial charge in [0, 0.05) is 5.92 Å². The molecule has 0 amide bonds. The summed E-state index contributed by atoms with van der Waals surface area (Å²) < 4.78 is 0. The Labute approximate surface area is 95.6 Å². The first-order valence-corrected chi connectivity index (χ1v) is 6.72. The van der Waals surface area contributed by atoms with Gasteiger partial charge < -0.3 is 0 Å². The van der Waals surface area contributed by atoms with Crippen molar-refractivity contribution in [2.24, 2.45) is 5.92 Å². The van der Waals surface area contributed by atoms with Gasteiger partial charge in [-0.25, -0.2) is 0 Å². The predicted molar refractivity (Wildman–Crippen MR) is 67.1 cm³/mol. The lowest BCUT2D eigenvalue weighted by Gasteiger charge is -2.12. The number of carbonyl (C=O) groups is 1. The molecule has 0 fully saturated rings. The van der Waals surface area contributed by atoms with E-state index < -0.39 is 0 Å². The van der Waals surface area contributed by atoms with Crippen LogP contribution in [-0.2, 0) is 4.79 Å². The van der Waals surface area contributed by atoms with Gasteiger partial charge in [-0.1, -0.05) is 58.8 Å². The Morgan fingerprint density at radius 2 is 1.33 bits per heavy atom. The van der Waals surface area contributed by atoms with Gasteiger partial charge >= 0.3 is 0 Å². The fraction of sp³-hybridized carbons (Fsp3) is 0.929. The number of ketones is 1. The molecule has 0 aromatic heterocycles. The monoisotopic (exact) mass is 212 g/mol. The van der Waals surface area contributed by atoms with E-state index in [2.05, 4.69) is 13.8 Å². The second-order valence-electron chi connectivity index (χ2n) is 4.65. The Morgan fingerprint density at radius 1 is 0.867 bits per heavy atom. The highest BCUT2D eigenvalue weighted by Gasteiger charge is 2.12. The number of rotatable bonds is 10. The second-order valence-corrected chi connectivity index (χ2v) is 4.65. The lowest BCUT2D eigenvalue weighted by molar-refractivity contribution is -0.121. The lowest BCUT2D eigenvalue weighted by atomic mass is 9.92. The third-order valence-corrected chi connectivity index (χ3v) is 3.14. The topological polar surface area (TPSA) is 17.1 Å². The predicted octanol–water partition coefficient (Wildman–Crippen LogP) is 4.74. The summed E-state index contributed by atoms with van der Waals surface area (Å²) in [5.41, 5.74) is 0. The first kappa shape index (κ1) is 14.7. The van der Waals surface area contributed by atoms with Crippen molar-refractivity contribution in [3.05, 3.63) is 0 Å². The molecule has 0 radical (unpaired) electrons. The molecule has 15 heavy (non-hydrogen) atoms. The van der Waals surface area contributed by atoms with Gasteiger partial charge in [0.2, 0.25) is 0 Å². The summed E-state index contributed by atoms with van der Waals surface area (Å²) in [6, 6.07) is 0. The Morgan fingerprint density at radius 3 is 1.80 bits per heavy atom. The van der Waals surface area contributed by atoms with Crippen LogP contribution in [-0.4, -0.2) is 5.78 Å². The molecule has 0 saturated heterocycles. The van der Waals surface area contributed by atoms with E-state index in [-0.39, 0.29) is 0 Å². The molecule has 0 heterocycles. The maximum Gasteiger partial charge on any atom is 0.132 e. The van der Waals surface area contributed by atoms with Crippen LogP contribution in [0.1, 0.15) is 78.6 Å². The molecule has 0 N–H and O–H groups in total. The van der Waals surface area contributed by atoms with Crippen molar-refractivity contribution >= 4 is 5.78 Å². The molecule has 1 unspecified atom stereocenters. The largest absolute Gasteiger partial charge is 0.300 e. The van der Waals surface area contributed by atoms with Gasteiger partial charge in [-0.3, -0.25) is 4.79 Å². The van der Waals surface area contributed by atoms with Crippen LogP contribution in [0.2, 0.25) is 0 Å². The van der Waals surface area contributed by atoms with Gasteiger partial charge in [-0.2, -0.15) is 0 Å². The van der Waals surface area contributed by atoms with E-state index >= 15 is 0 Å². The molecule has 1 nitrogen and oxygen atoms in total. The van der Waals surface area contributed by atoms with Crippen LogP contribution >= 0.6 is 0 Å². The smallest absolute Gasteiger partial charge is 0.132 e. The summed E-state index contributed by atoms with van der Waals surface area (Å²) in [5, 5.41) is 0. The quantitative estimate of drug-likeness (QED) is 0.478. The highest BCUT2D eigenvalue weighted by molar-refractivity contribution is 5.78. The molecule has 0 aliphatic rings. The van der Waals surface area contributed by atoms with Crippen LogP contribution in [0.5, 0.6) is 0 Å². The van der Waals surface area contributed by atoms with E-state index in [9.17, 15) is 4.79 Å². The first-order valence-electron chi connectivity index (χ1n) is 6.72. The number of hydrogen-bond acceptors (Lipinski definition) is 1. The molecule has 0 spiro atoms. The van der Waals surface area contributed by atoms with Crippen molar-refractivity contribution in [3.63, 3.8) is 0 Å². The third-order valence-electron chi connectivity index (χ3n) is 3.14. The van der Waals surface area contributed by atoms with Gasteiger partial charge in [0.1, 0.15) is 5.78 Å². The van der Waals surface area contributed by atoms with Crippen LogP contribution in [0.4, 0.5) is 0 Å². The summed E-state index contributed by atoms with van der Waals surface area (Å²) in [5.74, 6) is 0.760. The average molecular weight is 212 g/mol. The van der Waals surface area contributed by atoms with E-state index in [4.69, 9.17) is 0 Å². The van der Waals surface area contributed by atoms with E-state index in [1.165, 1.54) is 44.9 Å². The lowest BCUT2D eigenvalue weighted by Crippen LogP contribution is -2.10. The standard InChI is InChI=1S/C14H28O/c1-4-6-8-10-12-14(13(3)15)11-9-7-5-2/h14H,4-12H2,1-3H3. The van der Waals surface area contributed by atoms with Crippen LogP contribution < -0.4 is 0 Å². The van der Waals surface area contributed by atoms with Gasteiger partial charge in [0.15, 0.2) is 0 Å². The molecule has 0 aliphatic carbocycles. The second kappa shape index (κ2) is 10.2. The summed E-state index contributed by atoms with van der Waals surface area (Å²) in [6.45, 7) is 6.20. The summed E-state index contributed by atoms with van der Waals surface area (Å²) in [6.07, 6.45) is 11.1. The zero-order valence-electron chi connectivity index (χ0n) is 10.8. The summed E-state index contributed by atoms with van der Waals surface area (Å²) in [7, 11) is 0. The van der Waals surface area contributed by atoms with E-state index in [0.717, 1.165) is 12.8 Å². The van der Waals surface area contributed by atoms with Crippen molar-refractivity contribution in [3.8, 4) is 0 Å². The Balaban J connectivity index is 3.59. The molecule has 0 aromatic rings. The van der Waals surface area contributed by atoms with Crippen LogP contribution in [0.3, 0.4) is 0 Å². The Hall–Kier alpha value is -0.330. The molecule has 90 valence electrons. The molecular formula is C14H28O. The molecule has 1 atom stereocenters. The zero-order valence-corrected chi connectivity index (χ0v) is 10.8. The van der Waals surface area contributed by atoms with E-state index in [1.54, 1.807) is 6.92 Å². The maximum absolute atomic E-state index is 11.4. The van der Waals surface area contributed by atoms with Crippen molar-refractivity contribution in [2.75, 3.05) is 0 Å². The minimum atomic E-state index is 0.355. The van der Waals surface area contributed by atoms with Crippen molar-refractivity contribution in [2.45, 2.75) is 78.6 Å². The molecule has 0 aromatic carbocycles. The van der Waals surface area contributed by atoms with Crippen LogP contribution in [0.25, 0.3) is 0 Å². The zero-order chi connectivity index (χ0) is 11.5. The summed E-state index contributed by atoms with van der Waals surface area (Å²) in [4.78, 5) is 11.4. The van der Waals surface area contributed by atoms with Crippen LogP contribution in [0.15, 0.2) is 0 Å². The molecule has 0 bridgehead atoms. The minimum Gasteiger partial charge on any atom is -0.300 e. The van der Waals surface area contributed by atoms with Crippen molar-refractivity contribution in [1.82, 2.24) is 0 Å². The third kappa shape index (κ3) is 8.65. The normalized spacial score (nSPS) is 12.7. The molecule has 0 saturated carbocycles. The SMILES string of the molecule is CCCCCCC(CCCCC)C(C)=O.